The normalized spacial score (nSPS) is 13.9. The highest BCUT2D eigenvalue weighted by atomic mass is 35.5. The Labute approximate surface area is 131 Å². The van der Waals surface area contributed by atoms with Crippen molar-refractivity contribution in [3.63, 3.8) is 0 Å². The fourth-order valence-corrected chi connectivity index (χ4v) is 2.68. The molecule has 0 fully saturated rings. The van der Waals surface area contributed by atoms with Crippen LogP contribution in [-0.2, 0) is 6.54 Å². The van der Waals surface area contributed by atoms with Crippen LogP contribution in [0.2, 0.25) is 0 Å². The highest BCUT2D eigenvalue weighted by molar-refractivity contribution is 6.67. The van der Waals surface area contributed by atoms with Gasteiger partial charge in [-0.05, 0) is 41.4 Å². The first-order chi connectivity index (χ1) is 10.6. The first-order valence-electron chi connectivity index (χ1n) is 6.77. The van der Waals surface area contributed by atoms with Crippen LogP contribution >= 0.6 is 11.6 Å². The second-order valence-electron chi connectivity index (χ2n) is 5.06. The van der Waals surface area contributed by atoms with Crippen LogP contribution in [0.3, 0.4) is 0 Å². The first-order valence-corrected chi connectivity index (χ1v) is 7.15. The molecule has 0 saturated heterocycles. The van der Waals surface area contributed by atoms with Gasteiger partial charge in [-0.25, -0.2) is 9.37 Å². The molecule has 112 valence electrons. The lowest BCUT2D eigenvalue weighted by Crippen LogP contribution is -2.32. The van der Waals surface area contributed by atoms with E-state index in [2.05, 4.69) is 4.98 Å². The van der Waals surface area contributed by atoms with Crippen molar-refractivity contribution < 1.29 is 14.0 Å². The number of hydrogen-bond donors (Lipinski definition) is 0. The summed E-state index contributed by atoms with van der Waals surface area (Å²) >= 11 is 5.37. The molecule has 2 aromatic rings. The molecule has 6 heteroatoms. The number of carbonyl (C=O) groups is 2. The van der Waals surface area contributed by atoms with Gasteiger partial charge in [-0.3, -0.25) is 9.59 Å². The summed E-state index contributed by atoms with van der Waals surface area (Å²) in [6, 6.07) is 7.72. The number of fused-ring (bicyclic) bond motifs is 1. The summed E-state index contributed by atoms with van der Waals surface area (Å²) in [6.07, 6.45) is 2.03. The summed E-state index contributed by atoms with van der Waals surface area (Å²) in [6.45, 7) is 0.957. The van der Waals surface area contributed by atoms with Gasteiger partial charge in [-0.2, -0.15) is 0 Å². The van der Waals surface area contributed by atoms with Crippen molar-refractivity contribution in [2.75, 3.05) is 11.4 Å². The second-order valence-corrected chi connectivity index (χ2v) is 5.40. The van der Waals surface area contributed by atoms with E-state index in [9.17, 15) is 14.0 Å². The van der Waals surface area contributed by atoms with Crippen molar-refractivity contribution in [1.29, 1.82) is 0 Å². The van der Waals surface area contributed by atoms with Gasteiger partial charge in [-0.15, -0.1) is 0 Å². The van der Waals surface area contributed by atoms with Gasteiger partial charge in [0.2, 0.25) is 0 Å². The number of ketones is 1. The number of hydrogen-bond acceptors (Lipinski definition) is 4. The number of carbonyl (C=O) groups excluding carboxylic acids is 2. The standard InChI is InChI=1S/C16H12ClFN2O2/c17-15(22)12-8-10(3-4-13(12)18)9-20-7-5-14(21)11-2-1-6-19-16(11)20/h1-4,6,8H,5,7,9H2. The summed E-state index contributed by atoms with van der Waals surface area (Å²) in [5.74, 6) is 0.0352. The molecule has 1 aromatic carbocycles. The minimum atomic E-state index is -0.827. The molecule has 0 unspecified atom stereocenters. The van der Waals surface area contributed by atoms with Crippen molar-refractivity contribution in [2.24, 2.45) is 0 Å². The average Bonchev–Trinajstić information content (AvgIpc) is 2.52. The predicted octanol–water partition coefficient (Wildman–Crippen LogP) is 3.19. The number of anilines is 1. The molecule has 1 aromatic heterocycles. The number of nitrogens with zero attached hydrogens (tertiary/aromatic N) is 2. The van der Waals surface area contributed by atoms with E-state index in [-0.39, 0.29) is 11.3 Å². The third-order valence-electron chi connectivity index (χ3n) is 3.61. The molecule has 0 bridgehead atoms. The Morgan fingerprint density at radius 2 is 2.18 bits per heavy atom. The van der Waals surface area contributed by atoms with Crippen molar-refractivity contribution in [2.45, 2.75) is 13.0 Å². The molecule has 0 saturated carbocycles. The van der Waals surface area contributed by atoms with Crippen molar-refractivity contribution in [3.05, 3.63) is 59.0 Å². The van der Waals surface area contributed by atoms with Crippen LogP contribution in [0.25, 0.3) is 0 Å². The van der Waals surface area contributed by atoms with Gasteiger partial charge in [0.05, 0.1) is 11.1 Å². The quantitative estimate of drug-likeness (QED) is 0.816. The maximum atomic E-state index is 13.5. The zero-order valence-electron chi connectivity index (χ0n) is 11.6. The smallest absolute Gasteiger partial charge is 0.255 e. The minimum absolute atomic E-state index is 0.0649. The lowest BCUT2D eigenvalue weighted by molar-refractivity contribution is 0.0978. The number of pyridine rings is 1. The molecule has 3 rings (SSSR count). The predicted molar refractivity (Wildman–Crippen MR) is 80.8 cm³/mol. The molecule has 2 heterocycles. The van der Waals surface area contributed by atoms with E-state index in [1.165, 1.54) is 12.1 Å². The zero-order valence-corrected chi connectivity index (χ0v) is 12.3. The largest absolute Gasteiger partial charge is 0.351 e. The third kappa shape index (κ3) is 2.72. The highest BCUT2D eigenvalue weighted by Gasteiger charge is 2.24. The van der Waals surface area contributed by atoms with E-state index in [1.807, 2.05) is 4.90 Å². The van der Waals surface area contributed by atoms with Crippen molar-refractivity contribution in [3.8, 4) is 0 Å². The van der Waals surface area contributed by atoms with Crippen LogP contribution in [0.4, 0.5) is 10.2 Å². The molecule has 0 aliphatic carbocycles. The molecule has 0 atom stereocenters. The Bertz CT molecular complexity index is 764. The summed E-state index contributed by atoms with van der Waals surface area (Å²) in [7, 11) is 0. The molecule has 0 spiro atoms. The van der Waals surface area contributed by atoms with E-state index in [0.717, 1.165) is 5.56 Å². The fourth-order valence-electron chi connectivity index (χ4n) is 2.54. The summed E-state index contributed by atoms with van der Waals surface area (Å²) < 4.78 is 13.5. The van der Waals surface area contributed by atoms with Crippen LogP contribution in [0.1, 0.15) is 32.7 Å². The number of benzene rings is 1. The Morgan fingerprint density at radius 3 is 2.95 bits per heavy atom. The van der Waals surface area contributed by atoms with Gasteiger partial charge in [0, 0.05) is 25.7 Å². The third-order valence-corrected chi connectivity index (χ3v) is 3.81. The van der Waals surface area contributed by atoms with Crippen LogP contribution in [0.5, 0.6) is 0 Å². The topological polar surface area (TPSA) is 50.3 Å². The molecule has 0 radical (unpaired) electrons. The summed E-state index contributed by atoms with van der Waals surface area (Å²) in [5.41, 5.74) is 1.18. The molecule has 4 nitrogen and oxygen atoms in total. The monoisotopic (exact) mass is 318 g/mol. The van der Waals surface area contributed by atoms with Crippen LogP contribution in [0, 0.1) is 5.82 Å². The Morgan fingerprint density at radius 1 is 1.36 bits per heavy atom. The van der Waals surface area contributed by atoms with Crippen molar-refractivity contribution >= 4 is 28.4 Å². The first kappa shape index (κ1) is 14.7. The van der Waals surface area contributed by atoms with Gasteiger partial charge in [0.1, 0.15) is 11.6 Å². The van der Waals surface area contributed by atoms with Gasteiger partial charge in [0.15, 0.2) is 5.78 Å². The number of rotatable bonds is 3. The van der Waals surface area contributed by atoms with Crippen LogP contribution in [0.15, 0.2) is 36.5 Å². The molecule has 0 amide bonds. The van der Waals surface area contributed by atoms with E-state index >= 15 is 0 Å². The van der Waals surface area contributed by atoms with Crippen LogP contribution in [-0.4, -0.2) is 22.6 Å². The lowest BCUT2D eigenvalue weighted by atomic mass is 10.0. The number of aromatic nitrogens is 1. The van der Waals surface area contributed by atoms with E-state index < -0.39 is 11.1 Å². The molecular formula is C16H12ClFN2O2. The van der Waals surface area contributed by atoms with Gasteiger partial charge in [0.25, 0.3) is 5.24 Å². The molecular weight excluding hydrogens is 307 g/mol. The number of halogens is 2. The molecule has 0 N–H and O–H groups in total. The molecule has 1 aliphatic rings. The number of Topliss-reactive ketones (excluding diaryl/α,β-unsaturated/α-hetero) is 1. The Balaban J connectivity index is 1.91. The van der Waals surface area contributed by atoms with E-state index in [4.69, 9.17) is 11.6 Å². The zero-order chi connectivity index (χ0) is 15.7. The van der Waals surface area contributed by atoms with Gasteiger partial charge < -0.3 is 4.90 Å². The fraction of sp³-hybridized carbons (Fsp3) is 0.188. The lowest BCUT2D eigenvalue weighted by Gasteiger charge is -2.29. The Kier molecular flexibility index (Phi) is 3.90. The maximum Gasteiger partial charge on any atom is 0.255 e. The SMILES string of the molecule is O=C(Cl)c1cc(CN2CCC(=O)c3cccnc32)ccc1F. The summed E-state index contributed by atoms with van der Waals surface area (Å²) in [4.78, 5) is 29.3. The highest BCUT2D eigenvalue weighted by Crippen LogP contribution is 2.26. The summed E-state index contributed by atoms with van der Waals surface area (Å²) in [5, 5.41) is -0.827. The van der Waals surface area contributed by atoms with Crippen molar-refractivity contribution in [1.82, 2.24) is 4.98 Å². The molecule has 22 heavy (non-hydrogen) atoms. The minimum Gasteiger partial charge on any atom is -0.351 e. The maximum absolute atomic E-state index is 13.5. The van der Waals surface area contributed by atoms with E-state index in [0.29, 0.717) is 30.9 Å². The molecule has 1 aliphatic heterocycles. The second kappa shape index (κ2) is 5.85. The van der Waals surface area contributed by atoms with Gasteiger partial charge in [-0.1, -0.05) is 6.07 Å². The Hall–Kier alpha value is -2.27. The van der Waals surface area contributed by atoms with Gasteiger partial charge >= 0.3 is 0 Å². The van der Waals surface area contributed by atoms with Crippen LogP contribution < -0.4 is 4.90 Å². The van der Waals surface area contributed by atoms with E-state index in [1.54, 1.807) is 24.4 Å². The average molecular weight is 319 g/mol.